The molecule has 13 heteroatoms. The van der Waals surface area contributed by atoms with Crippen molar-refractivity contribution in [3.8, 4) is 5.88 Å². The minimum atomic E-state index is -0.350. The van der Waals surface area contributed by atoms with Crippen molar-refractivity contribution >= 4 is 11.7 Å². The number of carbonyl (C=O) groups excluding carboxylic acids is 1. The van der Waals surface area contributed by atoms with E-state index in [1.165, 1.54) is 23.4 Å². The fraction of sp³-hybridized carbons (Fsp3) is 0.294. The Morgan fingerprint density at radius 2 is 2.27 bits per heavy atom. The maximum Gasteiger partial charge on any atom is 0.293 e. The minimum absolute atomic E-state index is 0.0147. The van der Waals surface area contributed by atoms with Gasteiger partial charge in [0.2, 0.25) is 17.4 Å². The molecule has 2 aromatic heterocycles. The molecule has 1 aliphatic carbocycles. The van der Waals surface area contributed by atoms with Crippen LogP contribution in [0.15, 0.2) is 34.3 Å². The van der Waals surface area contributed by atoms with Crippen LogP contribution in [0.3, 0.4) is 0 Å². The molecule has 3 N–H and O–H groups in total. The molecule has 0 radical (unpaired) electrons. The molecule has 5 rings (SSSR count). The zero-order valence-corrected chi connectivity index (χ0v) is 15.3. The number of nitrogens with one attached hydrogen (secondary N) is 2. The first-order valence-electron chi connectivity index (χ1n) is 9.04. The molecule has 0 saturated carbocycles. The Morgan fingerprint density at radius 3 is 3.03 bits per heavy atom. The van der Waals surface area contributed by atoms with Crippen molar-refractivity contribution in [2.45, 2.75) is 18.6 Å². The maximum atomic E-state index is 13.5. The van der Waals surface area contributed by atoms with E-state index in [1.807, 2.05) is 0 Å². The Bertz CT molecular complexity index is 1110. The summed E-state index contributed by atoms with van der Waals surface area (Å²) in [6.07, 6.45) is 1.61. The molecule has 1 amide bonds. The number of carbonyl (C=O) groups is 1. The van der Waals surface area contributed by atoms with Gasteiger partial charge in [0.05, 0.1) is 19.1 Å². The highest BCUT2D eigenvalue weighted by atomic mass is 19.1. The van der Waals surface area contributed by atoms with E-state index in [0.717, 1.165) is 11.1 Å². The summed E-state index contributed by atoms with van der Waals surface area (Å²) in [6.45, 7) is 0.599. The Morgan fingerprint density at radius 1 is 1.40 bits per heavy atom. The summed E-state index contributed by atoms with van der Waals surface area (Å²) in [5, 5.41) is 29.3. The number of benzene rings is 1. The summed E-state index contributed by atoms with van der Waals surface area (Å²) in [7, 11) is 0. The summed E-state index contributed by atoms with van der Waals surface area (Å²) < 4.78 is 23.9. The fourth-order valence-electron chi connectivity index (χ4n) is 3.41. The molecule has 1 atom stereocenters. The zero-order chi connectivity index (χ0) is 20.7. The Hall–Kier alpha value is -4.03. The van der Waals surface area contributed by atoms with E-state index in [2.05, 4.69) is 36.0 Å². The van der Waals surface area contributed by atoms with Gasteiger partial charge in [-0.1, -0.05) is 11.2 Å². The SMILES string of the molecule is O=C(c1nc[nH]n1)N1CC(Oc2nonc2/C(=N\O)N[C@H]2Cc3ccc(F)cc32)C1. The van der Waals surface area contributed by atoms with Crippen LogP contribution < -0.4 is 10.1 Å². The van der Waals surface area contributed by atoms with Gasteiger partial charge in [0.1, 0.15) is 18.2 Å². The molecular weight excluding hydrogens is 399 g/mol. The van der Waals surface area contributed by atoms with E-state index < -0.39 is 0 Å². The number of ether oxygens (including phenoxy) is 1. The summed E-state index contributed by atoms with van der Waals surface area (Å²) >= 11 is 0. The quantitative estimate of drug-likeness (QED) is 0.231. The molecule has 1 aromatic carbocycles. The lowest BCUT2D eigenvalue weighted by molar-refractivity contribution is 0.0137. The van der Waals surface area contributed by atoms with Gasteiger partial charge in [-0.15, -0.1) is 5.10 Å². The van der Waals surface area contributed by atoms with Crippen LogP contribution in [0.4, 0.5) is 4.39 Å². The highest BCUT2D eigenvalue weighted by Gasteiger charge is 2.36. The lowest BCUT2D eigenvalue weighted by Crippen LogP contribution is -2.56. The van der Waals surface area contributed by atoms with Crippen LogP contribution in [0.1, 0.15) is 33.5 Å². The average Bonchev–Trinajstić information content (AvgIpc) is 3.39. The standard InChI is InChI=1S/C17H15FN8O4/c18-9-2-1-8-3-12(11(8)4-9)21-14(23-28)13-16(25-30-24-13)29-10-5-26(6-10)17(27)15-19-7-20-22-15/h1-2,4,7,10,12,28H,3,5-6H2,(H,21,23)(H,19,20,22)/t12-/m0/s1. The Labute approximate surface area is 167 Å². The highest BCUT2D eigenvalue weighted by molar-refractivity contribution is 5.98. The van der Waals surface area contributed by atoms with E-state index in [-0.39, 0.29) is 47.1 Å². The predicted octanol–water partition coefficient (Wildman–Crippen LogP) is 0.253. The fourth-order valence-corrected chi connectivity index (χ4v) is 3.41. The van der Waals surface area contributed by atoms with Gasteiger partial charge in [0, 0.05) is 0 Å². The molecule has 154 valence electrons. The molecule has 2 aliphatic rings. The van der Waals surface area contributed by atoms with Gasteiger partial charge in [-0.25, -0.2) is 14.0 Å². The van der Waals surface area contributed by atoms with Gasteiger partial charge in [0.15, 0.2) is 0 Å². The van der Waals surface area contributed by atoms with Crippen molar-refractivity contribution in [3.05, 3.63) is 53.0 Å². The van der Waals surface area contributed by atoms with Crippen molar-refractivity contribution in [2.24, 2.45) is 5.16 Å². The molecule has 0 unspecified atom stereocenters. The zero-order valence-electron chi connectivity index (χ0n) is 15.3. The first-order valence-corrected chi connectivity index (χ1v) is 9.04. The van der Waals surface area contributed by atoms with Crippen LogP contribution in [0.5, 0.6) is 5.88 Å². The molecule has 12 nitrogen and oxygen atoms in total. The minimum Gasteiger partial charge on any atom is -0.467 e. The highest BCUT2D eigenvalue weighted by Crippen LogP contribution is 2.34. The van der Waals surface area contributed by atoms with Crippen LogP contribution in [-0.4, -0.2) is 66.5 Å². The largest absolute Gasteiger partial charge is 0.467 e. The van der Waals surface area contributed by atoms with E-state index in [4.69, 9.17) is 9.37 Å². The first-order chi connectivity index (χ1) is 14.6. The Balaban J connectivity index is 1.22. The van der Waals surface area contributed by atoms with Gasteiger partial charge < -0.3 is 20.2 Å². The van der Waals surface area contributed by atoms with Crippen molar-refractivity contribution in [3.63, 3.8) is 0 Å². The lowest BCUT2D eigenvalue weighted by atomic mass is 9.83. The second-order valence-corrected chi connectivity index (χ2v) is 6.88. The number of amides is 1. The van der Waals surface area contributed by atoms with Crippen LogP contribution in [0.25, 0.3) is 0 Å². The number of amidine groups is 1. The van der Waals surface area contributed by atoms with E-state index in [0.29, 0.717) is 19.5 Å². The van der Waals surface area contributed by atoms with Crippen LogP contribution in [-0.2, 0) is 6.42 Å². The van der Waals surface area contributed by atoms with E-state index in [1.54, 1.807) is 6.07 Å². The number of hydrogen-bond acceptors (Lipinski definition) is 9. The van der Waals surface area contributed by atoms with Crippen LogP contribution >= 0.6 is 0 Å². The second-order valence-electron chi connectivity index (χ2n) is 6.88. The third kappa shape index (κ3) is 3.09. The topological polar surface area (TPSA) is 155 Å². The smallest absolute Gasteiger partial charge is 0.293 e. The van der Waals surface area contributed by atoms with Crippen LogP contribution in [0, 0.1) is 5.82 Å². The number of likely N-dealkylation sites (tertiary alicyclic amines) is 1. The number of hydrogen-bond donors (Lipinski definition) is 3. The second kappa shape index (κ2) is 7.09. The number of nitrogens with zero attached hydrogens (tertiary/aromatic N) is 6. The third-order valence-corrected chi connectivity index (χ3v) is 5.02. The third-order valence-electron chi connectivity index (χ3n) is 5.02. The first kappa shape index (κ1) is 18.0. The summed E-state index contributed by atoms with van der Waals surface area (Å²) in [5.41, 5.74) is 1.85. The van der Waals surface area contributed by atoms with E-state index in [9.17, 15) is 14.4 Å². The summed E-state index contributed by atoms with van der Waals surface area (Å²) in [5.74, 6) is -0.578. The number of fused-ring (bicyclic) bond motifs is 1. The van der Waals surface area contributed by atoms with Crippen LogP contribution in [0.2, 0.25) is 0 Å². The normalized spacial score (nSPS) is 18.4. The number of halogens is 1. The number of aromatic nitrogens is 5. The summed E-state index contributed by atoms with van der Waals surface area (Å²) in [4.78, 5) is 17.5. The molecule has 0 bridgehead atoms. The molecule has 3 heterocycles. The molecular formula is C17H15FN8O4. The Kier molecular flexibility index (Phi) is 4.26. The van der Waals surface area contributed by atoms with Crippen molar-refractivity contribution in [1.82, 2.24) is 35.7 Å². The van der Waals surface area contributed by atoms with Gasteiger partial charge >= 0.3 is 0 Å². The summed E-state index contributed by atoms with van der Waals surface area (Å²) in [6, 6.07) is 4.30. The molecule has 30 heavy (non-hydrogen) atoms. The molecule has 3 aromatic rings. The molecule has 0 spiro atoms. The lowest BCUT2D eigenvalue weighted by Gasteiger charge is -2.37. The molecule has 1 fully saturated rings. The number of rotatable bonds is 5. The molecule has 1 aliphatic heterocycles. The van der Waals surface area contributed by atoms with Gasteiger partial charge in [0.25, 0.3) is 11.8 Å². The van der Waals surface area contributed by atoms with Gasteiger partial charge in [-0.05, 0) is 40.0 Å². The van der Waals surface area contributed by atoms with Gasteiger partial charge in [-0.2, -0.15) is 0 Å². The number of H-pyrrole nitrogens is 1. The van der Waals surface area contributed by atoms with Crippen molar-refractivity contribution < 1.29 is 23.8 Å². The average molecular weight is 414 g/mol. The molecule has 1 saturated heterocycles. The van der Waals surface area contributed by atoms with E-state index >= 15 is 0 Å². The predicted molar refractivity (Wildman–Crippen MR) is 95.3 cm³/mol. The van der Waals surface area contributed by atoms with Gasteiger partial charge in [-0.3, -0.25) is 9.89 Å². The van der Waals surface area contributed by atoms with Crippen molar-refractivity contribution in [2.75, 3.05) is 13.1 Å². The maximum absolute atomic E-state index is 13.5. The number of oxime groups is 1. The monoisotopic (exact) mass is 414 g/mol. The van der Waals surface area contributed by atoms with Crippen molar-refractivity contribution in [1.29, 1.82) is 0 Å². The number of aromatic amines is 1.